The van der Waals surface area contributed by atoms with Gasteiger partial charge < -0.3 is 11.6 Å². The van der Waals surface area contributed by atoms with Crippen molar-refractivity contribution in [2.24, 2.45) is 0 Å². The van der Waals surface area contributed by atoms with Crippen molar-refractivity contribution in [1.29, 1.82) is 0 Å². The van der Waals surface area contributed by atoms with Gasteiger partial charge in [0.1, 0.15) is 0 Å². The van der Waals surface area contributed by atoms with E-state index >= 15 is 0 Å². The predicted molar refractivity (Wildman–Crippen MR) is 20.4 cm³/mol. The number of rotatable bonds is 2. The number of hydrogen-bond acceptors (Lipinski definition) is 5. The van der Waals surface area contributed by atoms with Crippen LogP contribution in [0.2, 0.25) is 0 Å². The Bertz CT molecular complexity index is 112. The quantitative estimate of drug-likeness (QED) is 0.259. The third kappa shape index (κ3) is 10.5. The summed E-state index contributed by atoms with van der Waals surface area (Å²) in [5, 5.41) is 18.4. The standard InChI is InChI=1S/C2H2O7.Na.H/c3-1(4)7-9-8-2(5)6;;/h(H,3,4)(H,5,6);;/q;+1;-1. The van der Waals surface area contributed by atoms with Crippen molar-refractivity contribution >= 4 is 12.3 Å². The van der Waals surface area contributed by atoms with E-state index in [0.29, 0.717) is 0 Å². The van der Waals surface area contributed by atoms with Crippen LogP contribution in [-0.4, -0.2) is 22.5 Å². The maximum atomic E-state index is 9.36. The Morgan fingerprint density at radius 2 is 1.40 bits per heavy atom. The first-order valence-electron chi connectivity index (χ1n) is 1.60. The molecule has 0 bridgehead atoms. The van der Waals surface area contributed by atoms with Crippen LogP contribution in [-0.2, 0) is 14.8 Å². The molecule has 7 nitrogen and oxygen atoms in total. The van der Waals surface area contributed by atoms with Crippen LogP contribution >= 0.6 is 0 Å². The van der Waals surface area contributed by atoms with Gasteiger partial charge in [0.15, 0.2) is 0 Å². The maximum absolute atomic E-state index is 9.36. The number of carboxylic acid groups (broad SMARTS) is 2. The van der Waals surface area contributed by atoms with Gasteiger partial charge in [0.05, 0.1) is 5.04 Å². The molecule has 0 aromatic rings. The summed E-state index contributed by atoms with van der Waals surface area (Å²) in [5.74, 6) is 0. The van der Waals surface area contributed by atoms with Crippen molar-refractivity contribution in [3.63, 3.8) is 0 Å². The Labute approximate surface area is 78.1 Å². The molecule has 0 radical (unpaired) electrons. The molecule has 0 spiro atoms. The molecule has 0 fully saturated rings. The van der Waals surface area contributed by atoms with E-state index in [0.717, 1.165) is 0 Å². The van der Waals surface area contributed by atoms with Gasteiger partial charge in [-0.25, -0.2) is 19.4 Å². The molecule has 10 heavy (non-hydrogen) atoms. The fourth-order valence-corrected chi connectivity index (χ4v) is 0.0752. The minimum absolute atomic E-state index is 0. The summed E-state index contributed by atoms with van der Waals surface area (Å²) in [6.07, 6.45) is -3.59. The molecule has 0 aliphatic carbocycles. The minimum Gasteiger partial charge on any atom is -1.00 e. The van der Waals surface area contributed by atoms with E-state index in [1.807, 2.05) is 0 Å². The summed E-state index contributed by atoms with van der Waals surface area (Å²) >= 11 is 0. The first-order valence-corrected chi connectivity index (χ1v) is 1.60. The Morgan fingerprint density at radius 3 is 1.60 bits per heavy atom. The van der Waals surface area contributed by atoms with E-state index in [9.17, 15) is 9.59 Å². The van der Waals surface area contributed by atoms with Crippen molar-refractivity contribution in [3.8, 4) is 0 Å². The number of carbonyl (C=O) groups is 2. The van der Waals surface area contributed by atoms with Crippen molar-refractivity contribution < 1.29 is 65.6 Å². The third-order valence-corrected chi connectivity index (χ3v) is 0.211. The van der Waals surface area contributed by atoms with Gasteiger partial charge >= 0.3 is 41.9 Å². The fraction of sp³-hybridized carbons (Fsp3) is 0. The minimum atomic E-state index is -1.80. The van der Waals surface area contributed by atoms with Crippen LogP contribution in [0.1, 0.15) is 1.43 Å². The summed E-state index contributed by atoms with van der Waals surface area (Å²) in [7, 11) is 0. The SMILES string of the molecule is O=C(O)OOOC(=O)O.[H-].[Na+]. The number of hydrogen-bond donors (Lipinski definition) is 2. The van der Waals surface area contributed by atoms with Crippen molar-refractivity contribution in [3.05, 3.63) is 0 Å². The van der Waals surface area contributed by atoms with Crippen LogP contribution in [0, 0.1) is 0 Å². The molecule has 54 valence electrons. The van der Waals surface area contributed by atoms with Gasteiger partial charge in [-0.3, -0.25) is 0 Å². The van der Waals surface area contributed by atoms with E-state index in [2.05, 4.69) is 14.8 Å². The van der Waals surface area contributed by atoms with E-state index < -0.39 is 12.3 Å². The summed E-state index contributed by atoms with van der Waals surface area (Å²) in [6.45, 7) is 0. The molecule has 0 amide bonds. The monoisotopic (exact) mass is 162 g/mol. The van der Waals surface area contributed by atoms with Gasteiger partial charge in [-0.2, -0.15) is 0 Å². The molecule has 0 rings (SSSR count). The largest absolute Gasteiger partial charge is 1.00 e. The second-order valence-electron chi connectivity index (χ2n) is 0.767. The van der Waals surface area contributed by atoms with Crippen LogP contribution in [0.15, 0.2) is 0 Å². The average Bonchev–Trinajstić information content (AvgIpc) is 1.63. The van der Waals surface area contributed by atoms with Gasteiger partial charge in [-0.15, -0.1) is 0 Å². The molecule has 8 heteroatoms. The van der Waals surface area contributed by atoms with Crippen molar-refractivity contribution in [2.75, 3.05) is 0 Å². The van der Waals surface area contributed by atoms with Gasteiger partial charge in [0.25, 0.3) is 0 Å². The topological polar surface area (TPSA) is 102 Å². The smallest absolute Gasteiger partial charge is 1.00 e. The molecule has 0 aliphatic rings. The van der Waals surface area contributed by atoms with Gasteiger partial charge in [0, 0.05) is 0 Å². The van der Waals surface area contributed by atoms with E-state index in [4.69, 9.17) is 10.2 Å². The van der Waals surface area contributed by atoms with Crippen LogP contribution in [0.4, 0.5) is 9.59 Å². The molecule has 0 atom stereocenters. The molecule has 0 saturated carbocycles. The summed E-state index contributed by atoms with van der Waals surface area (Å²) < 4.78 is 0. The van der Waals surface area contributed by atoms with Crippen LogP contribution in [0.5, 0.6) is 0 Å². The normalized spacial score (nSPS) is 7.20. The average molecular weight is 162 g/mol. The van der Waals surface area contributed by atoms with E-state index in [1.54, 1.807) is 0 Å². The van der Waals surface area contributed by atoms with Crippen molar-refractivity contribution in [2.45, 2.75) is 0 Å². The van der Waals surface area contributed by atoms with E-state index in [-0.39, 0.29) is 31.0 Å². The van der Waals surface area contributed by atoms with Gasteiger partial charge in [-0.1, -0.05) is 0 Å². The van der Waals surface area contributed by atoms with Crippen LogP contribution in [0.25, 0.3) is 0 Å². The van der Waals surface area contributed by atoms with Gasteiger partial charge in [0.2, 0.25) is 0 Å². The second-order valence-corrected chi connectivity index (χ2v) is 0.767. The Kier molecular flexibility index (Phi) is 8.07. The molecular weight excluding hydrogens is 159 g/mol. The van der Waals surface area contributed by atoms with Crippen molar-refractivity contribution in [1.82, 2.24) is 0 Å². The zero-order valence-corrected chi connectivity index (χ0v) is 6.94. The molecule has 0 aliphatic heterocycles. The third-order valence-electron chi connectivity index (χ3n) is 0.211. The Balaban J connectivity index is -0.000000320. The summed E-state index contributed by atoms with van der Waals surface area (Å²) in [4.78, 5) is 25.1. The summed E-state index contributed by atoms with van der Waals surface area (Å²) in [6, 6.07) is 0. The molecule has 0 unspecified atom stereocenters. The predicted octanol–water partition coefficient (Wildman–Crippen LogP) is -2.66. The zero-order chi connectivity index (χ0) is 7.28. The Morgan fingerprint density at radius 1 is 1.10 bits per heavy atom. The second kappa shape index (κ2) is 6.62. The maximum Gasteiger partial charge on any atom is 1.00 e. The van der Waals surface area contributed by atoms with Gasteiger partial charge in [-0.05, 0) is 0 Å². The Hall–Kier alpha value is -0.500. The molecular formula is C2H3NaO7. The molecule has 0 saturated heterocycles. The van der Waals surface area contributed by atoms with E-state index in [1.165, 1.54) is 0 Å². The molecule has 0 aromatic heterocycles. The van der Waals surface area contributed by atoms with Crippen LogP contribution < -0.4 is 29.6 Å². The fourth-order valence-electron chi connectivity index (χ4n) is 0.0752. The molecule has 0 heterocycles. The molecule has 0 aromatic carbocycles. The first-order chi connectivity index (χ1) is 4.13. The molecule has 2 N–H and O–H groups in total. The first kappa shape index (κ1) is 12.2. The zero-order valence-electron chi connectivity index (χ0n) is 5.94. The van der Waals surface area contributed by atoms with Crippen LogP contribution in [0.3, 0.4) is 0 Å². The summed E-state index contributed by atoms with van der Waals surface area (Å²) in [5.41, 5.74) is 0.